The van der Waals surface area contributed by atoms with E-state index < -0.39 is 6.10 Å². The smallest absolute Gasteiger partial charge is 0.155 e. The second kappa shape index (κ2) is 21.2. The first-order chi connectivity index (χ1) is 19.5. The van der Waals surface area contributed by atoms with Crippen molar-refractivity contribution in [2.24, 2.45) is 11.8 Å². The molecule has 1 N–H and O–H groups in total. The van der Waals surface area contributed by atoms with E-state index in [1.54, 1.807) is 0 Å². The molecule has 1 aromatic carbocycles. The van der Waals surface area contributed by atoms with Crippen molar-refractivity contribution >= 4 is 0 Å². The second-order valence-corrected chi connectivity index (χ2v) is 11.2. The number of ether oxygens (including phenoxy) is 4. The number of hydrogen-bond donors (Lipinski definition) is 1. The summed E-state index contributed by atoms with van der Waals surface area (Å²) in [5.41, 5.74) is 1.30. The Balaban J connectivity index is 2.16. The topological polar surface area (TPSA) is 57.2 Å². The molecule has 228 valence electrons. The van der Waals surface area contributed by atoms with Crippen LogP contribution in [0.1, 0.15) is 104 Å². The monoisotopic (exact) mass is 558 g/mol. The highest BCUT2D eigenvalue weighted by Crippen LogP contribution is 2.39. The summed E-state index contributed by atoms with van der Waals surface area (Å²) in [6.07, 6.45) is 18.8. The summed E-state index contributed by atoms with van der Waals surface area (Å²) >= 11 is 0. The minimum absolute atomic E-state index is 0.0854. The second-order valence-electron chi connectivity index (χ2n) is 11.2. The number of aryl methyl sites for hydroxylation is 1. The van der Waals surface area contributed by atoms with Crippen molar-refractivity contribution in [3.63, 3.8) is 0 Å². The third-order valence-corrected chi connectivity index (χ3v) is 7.73. The van der Waals surface area contributed by atoms with E-state index >= 15 is 0 Å². The van der Waals surface area contributed by atoms with E-state index in [2.05, 4.69) is 75.4 Å². The average molecular weight is 559 g/mol. The molecule has 2 rings (SSSR count). The van der Waals surface area contributed by atoms with E-state index in [9.17, 15) is 5.11 Å². The Kier molecular flexibility index (Phi) is 18.4. The van der Waals surface area contributed by atoms with Gasteiger partial charge in [-0.2, -0.15) is 0 Å². The van der Waals surface area contributed by atoms with Crippen LogP contribution in [0.5, 0.6) is 0 Å². The van der Waals surface area contributed by atoms with E-state index in [0.717, 1.165) is 51.4 Å². The molecule has 1 saturated carbocycles. The highest BCUT2D eigenvalue weighted by Gasteiger charge is 2.42. The highest BCUT2D eigenvalue weighted by molar-refractivity contribution is 5.15. The van der Waals surface area contributed by atoms with Crippen LogP contribution in [0.25, 0.3) is 0 Å². The van der Waals surface area contributed by atoms with Gasteiger partial charge in [0.05, 0.1) is 18.3 Å². The molecule has 0 aliphatic heterocycles. The van der Waals surface area contributed by atoms with Crippen LogP contribution in [-0.4, -0.2) is 49.2 Å². The predicted octanol–water partition coefficient (Wildman–Crippen LogP) is 8.40. The Morgan fingerprint density at radius 3 is 2.25 bits per heavy atom. The summed E-state index contributed by atoms with van der Waals surface area (Å²) in [7, 11) is 0. The van der Waals surface area contributed by atoms with Crippen molar-refractivity contribution in [2.75, 3.05) is 13.2 Å². The number of aliphatic hydroxyl groups is 1. The van der Waals surface area contributed by atoms with Gasteiger partial charge in [-0.1, -0.05) is 101 Å². The van der Waals surface area contributed by atoms with Crippen molar-refractivity contribution in [2.45, 2.75) is 136 Å². The summed E-state index contributed by atoms with van der Waals surface area (Å²) in [6.45, 7) is 11.9. The molecule has 0 heterocycles. The lowest BCUT2D eigenvalue weighted by atomic mass is 9.89. The Bertz CT molecular complexity index is 794. The molecular formula is C35H58O5. The summed E-state index contributed by atoms with van der Waals surface area (Å²) in [5, 5.41) is 11.1. The van der Waals surface area contributed by atoms with E-state index in [1.165, 1.54) is 18.4 Å². The molecule has 0 saturated heterocycles. The average Bonchev–Trinajstić information content (AvgIpc) is 3.24. The van der Waals surface area contributed by atoms with Crippen LogP contribution in [-0.2, 0) is 25.4 Å². The molecule has 0 amide bonds. The fourth-order valence-corrected chi connectivity index (χ4v) is 5.30. The van der Waals surface area contributed by atoms with Gasteiger partial charge < -0.3 is 24.1 Å². The number of rotatable bonds is 22. The van der Waals surface area contributed by atoms with Gasteiger partial charge in [0.1, 0.15) is 0 Å². The Morgan fingerprint density at radius 2 is 1.57 bits per heavy atom. The third kappa shape index (κ3) is 13.9. The fourth-order valence-electron chi connectivity index (χ4n) is 5.30. The van der Waals surface area contributed by atoms with Crippen molar-refractivity contribution < 1.29 is 24.1 Å². The maximum atomic E-state index is 11.1. The lowest BCUT2D eigenvalue weighted by Gasteiger charge is -2.26. The van der Waals surface area contributed by atoms with E-state index in [0.29, 0.717) is 19.6 Å². The Morgan fingerprint density at radius 1 is 0.900 bits per heavy atom. The van der Waals surface area contributed by atoms with Crippen LogP contribution >= 0.6 is 0 Å². The van der Waals surface area contributed by atoms with E-state index in [4.69, 9.17) is 18.9 Å². The molecule has 1 aromatic rings. The molecule has 5 heteroatoms. The van der Waals surface area contributed by atoms with Gasteiger partial charge in [0, 0.05) is 25.6 Å². The SMILES string of the molecule is CCCC/C=C\C[C@@H]1[C@@H](/C=C/[C@H](CCc2ccccc2)OC(C)OCCCC)[C@H](OC(C)OCCCC)C[C@@H]1O. The lowest BCUT2D eigenvalue weighted by molar-refractivity contribution is -0.166. The Labute approximate surface area is 245 Å². The van der Waals surface area contributed by atoms with Gasteiger partial charge in [0.2, 0.25) is 0 Å². The van der Waals surface area contributed by atoms with Crippen LogP contribution in [0, 0.1) is 11.8 Å². The zero-order valence-corrected chi connectivity index (χ0v) is 26.0. The number of allylic oxidation sites excluding steroid dienone is 2. The van der Waals surface area contributed by atoms with Gasteiger partial charge in [-0.25, -0.2) is 0 Å². The standard InChI is InChI=1S/C35H58O5/c1-6-9-12-13-17-20-32-33(35(27-34(32)36)40-29(5)38-26-11-8-3)24-23-31(39-28(4)37-25-10-7-2)22-21-30-18-15-14-16-19-30/h13-19,23-24,28-29,31-36H,6-12,20-22,25-27H2,1-5H3/b17-13-,24-23+/t28?,29?,31-,32+,33+,34-,35+/m0/s1. The molecular weight excluding hydrogens is 500 g/mol. The van der Waals surface area contributed by atoms with Gasteiger partial charge >= 0.3 is 0 Å². The largest absolute Gasteiger partial charge is 0.393 e. The first-order valence-electron chi connectivity index (χ1n) is 16.1. The van der Waals surface area contributed by atoms with Gasteiger partial charge in [-0.15, -0.1) is 0 Å². The minimum Gasteiger partial charge on any atom is -0.393 e. The normalized spacial score (nSPS) is 23.8. The maximum Gasteiger partial charge on any atom is 0.155 e. The molecule has 40 heavy (non-hydrogen) atoms. The van der Waals surface area contributed by atoms with Gasteiger partial charge in [0.15, 0.2) is 12.6 Å². The van der Waals surface area contributed by atoms with Gasteiger partial charge in [0.25, 0.3) is 0 Å². The predicted molar refractivity (Wildman–Crippen MR) is 165 cm³/mol. The van der Waals surface area contributed by atoms with Gasteiger partial charge in [-0.05, 0) is 63.9 Å². The molecule has 7 atom stereocenters. The van der Waals surface area contributed by atoms with E-state index in [-0.39, 0.29) is 36.6 Å². The van der Waals surface area contributed by atoms with Crippen LogP contribution in [0.4, 0.5) is 0 Å². The summed E-state index contributed by atoms with van der Waals surface area (Å²) in [5.74, 6) is 0.192. The molecule has 0 aromatic heterocycles. The van der Waals surface area contributed by atoms with Crippen molar-refractivity contribution in [1.82, 2.24) is 0 Å². The summed E-state index contributed by atoms with van der Waals surface area (Å²) in [6, 6.07) is 10.6. The maximum absolute atomic E-state index is 11.1. The molecule has 1 fully saturated rings. The zero-order valence-electron chi connectivity index (χ0n) is 26.0. The molecule has 1 aliphatic rings. The number of unbranched alkanes of at least 4 members (excludes halogenated alkanes) is 4. The number of hydrogen-bond acceptors (Lipinski definition) is 5. The van der Waals surface area contributed by atoms with E-state index in [1.807, 2.05) is 13.8 Å². The van der Waals surface area contributed by atoms with Gasteiger partial charge in [-0.3, -0.25) is 0 Å². The Hall–Kier alpha value is -1.50. The van der Waals surface area contributed by atoms with Crippen molar-refractivity contribution in [3.05, 3.63) is 60.2 Å². The van der Waals surface area contributed by atoms with Crippen LogP contribution in [0.2, 0.25) is 0 Å². The fraction of sp³-hybridized carbons (Fsp3) is 0.714. The molecule has 5 nitrogen and oxygen atoms in total. The third-order valence-electron chi connectivity index (χ3n) is 7.73. The number of aliphatic hydroxyl groups excluding tert-OH is 1. The quantitative estimate of drug-likeness (QED) is 0.0879. The van der Waals surface area contributed by atoms with Crippen LogP contribution < -0.4 is 0 Å². The van der Waals surface area contributed by atoms with Crippen LogP contribution in [0.3, 0.4) is 0 Å². The molecule has 0 bridgehead atoms. The van der Waals surface area contributed by atoms with Crippen molar-refractivity contribution in [3.8, 4) is 0 Å². The summed E-state index contributed by atoms with van der Waals surface area (Å²) in [4.78, 5) is 0. The lowest BCUT2D eigenvalue weighted by Crippen LogP contribution is -2.28. The van der Waals surface area contributed by atoms with Crippen molar-refractivity contribution in [1.29, 1.82) is 0 Å². The first kappa shape index (κ1) is 34.7. The summed E-state index contributed by atoms with van der Waals surface area (Å²) < 4.78 is 24.7. The highest BCUT2D eigenvalue weighted by atomic mass is 16.7. The molecule has 0 spiro atoms. The van der Waals surface area contributed by atoms with Crippen LogP contribution in [0.15, 0.2) is 54.6 Å². The zero-order chi connectivity index (χ0) is 29.0. The first-order valence-corrected chi connectivity index (χ1v) is 16.1. The number of benzene rings is 1. The molecule has 1 aliphatic carbocycles. The molecule has 2 unspecified atom stereocenters. The minimum atomic E-state index is -0.404. The molecule has 0 radical (unpaired) electrons.